The summed E-state index contributed by atoms with van der Waals surface area (Å²) in [6, 6.07) is 8.30. The van der Waals surface area contributed by atoms with Crippen LogP contribution in [0.5, 0.6) is 5.75 Å². The van der Waals surface area contributed by atoms with Crippen molar-refractivity contribution in [1.29, 1.82) is 0 Å². The van der Waals surface area contributed by atoms with Gasteiger partial charge >= 0.3 is 0 Å². The highest BCUT2D eigenvalue weighted by atomic mass is 16.5. The summed E-state index contributed by atoms with van der Waals surface area (Å²) in [6.07, 6.45) is 9.60. The van der Waals surface area contributed by atoms with Crippen molar-refractivity contribution >= 4 is 0 Å². The number of allylic oxidation sites excluding steroid dienone is 5. The molecular formula is C16H16O. The highest BCUT2D eigenvalue weighted by molar-refractivity contribution is 5.55. The Kier molecular flexibility index (Phi) is 2.22. The molecule has 0 atom stereocenters. The first kappa shape index (κ1) is 10.4. The van der Waals surface area contributed by atoms with Crippen LogP contribution in [0.1, 0.15) is 25.8 Å². The third-order valence-corrected chi connectivity index (χ3v) is 3.55. The van der Waals surface area contributed by atoms with Crippen molar-refractivity contribution in [1.82, 2.24) is 0 Å². The van der Waals surface area contributed by atoms with Gasteiger partial charge in [-0.15, -0.1) is 0 Å². The monoisotopic (exact) mass is 224 g/mol. The predicted molar refractivity (Wildman–Crippen MR) is 70.0 cm³/mol. The maximum atomic E-state index is 5.99. The summed E-state index contributed by atoms with van der Waals surface area (Å²) in [6.45, 7) is 4.51. The normalized spacial score (nSPS) is 20.4. The van der Waals surface area contributed by atoms with E-state index >= 15 is 0 Å². The van der Waals surface area contributed by atoms with Crippen molar-refractivity contribution in [2.24, 2.45) is 0 Å². The minimum Gasteiger partial charge on any atom is -0.457 e. The number of benzene rings is 1. The van der Waals surface area contributed by atoms with Crippen molar-refractivity contribution in [2.45, 2.75) is 25.7 Å². The molecule has 0 saturated heterocycles. The van der Waals surface area contributed by atoms with Crippen molar-refractivity contribution in [3.8, 4) is 5.75 Å². The molecule has 0 amide bonds. The molecule has 0 saturated carbocycles. The van der Waals surface area contributed by atoms with Crippen LogP contribution in [0.15, 0.2) is 59.9 Å². The van der Waals surface area contributed by atoms with Crippen LogP contribution in [-0.2, 0) is 5.41 Å². The third-order valence-electron chi connectivity index (χ3n) is 3.55. The van der Waals surface area contributed by atoms with Crippen LogP contribution >= 0.6 is 0 Å². The standard InChI is InChI=1S/C16H16O/c1-16(2)12-8-4-3-5-10-14(12)17-15-11-7-6-9-13(15)16/h4-11H,3H2,1-2H3. The summed E-state index contributed by atoms with van der Waals surface area (Å²) >= 11 is 0. The molecule has 1 aliphatic carbocycles. The molecule has 1 heteroatoms. The highest BCUT2D eigenvalue weighted by Crippen LogP contribution is 2.44. The van der Waals surface area contributed by atoms with E-state index in [1.165, 1.54) is 11.1 Å². The predicted octanol–water partition coefficient (Wildman–Crippen LogP) is 4.13. The van der Waals surface area contributed by atoms with Gasteiger partial charge in [-0.2, -0.15) is 0 Å². The van der Waals surface area contributed by atoms with Gasteiger partial charge in [0, 0.05) is 16.6 Å². The van der Waals surface area contributed by atoms with Crippen LogP contribution in [0.4, 0.5) is 0 Å². The van der Waals surface area contributed by atoms with Crippen molar-refractivity contribution < 1.29 is 4.74 Å². The Morgan fingerprint density at radius 1 is 1.06 bits per heavy atom. The SMILES string of the molecule is CC1(C)C2=C(C=CCC=C2)Oc2ccccc21. The molecule has 1 aromatic carbocycles. The van der Waals surface area contributed by atoms with Gasteiger partial charge in [0.25, 0.3) is 0 Å². The van der Waals surface area contributed by atoms with Crippen LogP contribution in [0.25, 0.3) is 0 Å². The van der Waals surface area contributed by atoms with E-state index in [9.17, 15) is 0 Å². The molecule has 1 nitrogen and oxygen atoms in total. The van der Waals surface area contributed by atoms with Crippen molar-refractivity contribution in [3.05, 3.63) is 65.5 Å². The maximum Gasteiger partial charge on any atom is 0.131 e. The van der Waals surface area contributed by atoms with E-state index in [1.54, 1.807) is 0 Å². The number of hydrogen-bond donors (Lipinski definition) is 0. The second-order valence-electron chi connectivity index (χ2n) is 5.04. The molecule has 0 radical (unpaired) electrons. The van der Waals surface area contributed by atoms with E-state index in [0.717, 1.165) is 17.9 Å². The molecule has 0 fully saturated rings. The summed E-state index contributed by atoms with van der Waals surface area (Å²) in [7, 11) is 0. The highest BCUT2D eigenvalue weighted by Gasteiger charge is 2.34. The summed E-state index contributed by atoms with van der Waals surface area (Å²) in [5, 5.41) is 0. The summed E-state index contributed by atoms with van der Waals surface area (Å²) in [5.41, 5.74) is 2.54. The molecule has 1 aromatic rings. The van der Waals surface area contributed by atoms with E-state index in [0.29, 0.717) is 0 Å². The average Bonchev–Trinajstić information content (AvgIpc) is 2.55. The molecule has 0 N–H and O–H groups in total. The van der Waals surface area contributed by atoms with Crippen molar-refractivity contribution in [2.75, 3.05) is 0 Å². The van der Waals surface area contributed by atoms with E-state index in [1.807, 2.05) is 12.1 Å². The smallest absolute Gasteiger partial charge is 0.131 e. The lowest BCUT2D eigenvalue weighted by atomic mass is 9.75. The fourth-order valence-corrected chi connectivity index (χ4v) is 2.55. The van der Waals surface area contributed by atoms with Gasteiger partial charge in [0.15, 0.2) is 0 Å². The summed E-state index contributed by atoms with van der Waals surface area (Å²) in [4.78, 5) is 0. The van der Waals surface area contributed by atoms with E-state index in [4.69, 9.17) is 4.74 Å². The topological polar surface area (TPSA) is 9.23 Å². The second kappa shape index (κ2) is 3.63. The van der Waals surface area contributed by atoms with Gasteiger partial charge < -0.3 is 4.74 Å². The van der Waals surface area contributed by atoms with Crippen LogP contribution in [-0.4, -0.2) is 0 Å². The zero-order valence-corrected chi connectivity index (χ0v) is 10.2. The molecule has 86 valence electrons. The van der Waals surface area contributed by atoms with Gasteiger partial charge in [-0.3, -0.25) is 0 Å². The largest absolute Gasteiger partial charge is 0.457 e. The molecule has 1 aliphatic heterocycles. The molecule has 1 heterocycles. The first-order chi connectivity index (χ1) is 8.19. The minimum atomic E-state index is 0.00928. The van der Waals surface area contributed by atoms with Gasteiger partial charge in [0.2, 0.25) is 0 Å². The maximum absolute atomic E-state index is 5.99. The van der Waals surface area contributed by atoms with Gasteiger partial charge in [0.05, 0.1) is 0 Å². The average molecular weight is 224 g/mol. The van der Waals surface area contributed by atoms with Gasteiger partial charge in [-0.25, -0.2) is 0 Å². The first-order valence-corrected chi connectivity index (χ1v) is 6.05. The quantitative estimate of drug-likeness (QED) is 0.644. The number of para-hydroxylation sites is 1. The molecule has 0 unspecified atom stereocenters. The lowest BCUT2D eigenvalue weighted by molar-refractivity contribution is 0.388. The zero-order chi connectivity index (χ0) is 11.9. The minimum absolute atomic E-state index is 0.00928. The van der Waals surface area contributed by atoms with Crippen molar-refractivity contribution in [3.63, 3.8) is 0 Å². The fourth-order valence-electron chi connectivity index (χ4n) is 2.55. The summed E-state index contributed by atoms with van der Waals surface area (Å²) in [5.74, 6) is 1.97. The Hall–Kier alpha value is -1.76. The summed E-state index contributed by atoms with van der Waals surface area (Å²) < 4.78 is 5.99. The lowest BCUT2D eigenvalue weighted by Gasteiger charge is -2.34. The van der Waals surface area contributed by atoms with Crippen LogP contribution < -0.4 is 4.74 Å². The van der Waals surface area contributed by atoms with Crippen LogP contribution in [0.3, 0.4) is 0 Å². The molecular weight excluding hydrogens is 208 g/mol. The van der Waals surface area contributed by atoms with Crippen LogP contribution in [0, 0.1) is 0 Å². The number of fused-ring (bicyclic) bond motifs is 1. The zero-order valence-electron chi connectivity index (χ0n) is 10.2. The molecule has 0 bridgehead atoms. The van der Waals surface area contributed by atoms with E-state index < -0.39 is 0 Å². The molecule has 2 aliphatic rings. The Balaban J connectivity index is 2.22. The Morgan fingerprint density at radius 3 is 2.71 bits per heavy atom. The molecule has 17 heavy (non-hydrogen) atoms. The Bertz CT molecular complexity index is 544. The molecule has 3 rings (SSSR count). The van der Waals surface area contributed by atoms with E-state index in [-0.39, 0.29) is 5.41 Å². The molecule has 0 aromatic heterocycles. The number of hydrogen-bond acceptors (Lipinski definition) is 1. The molecule has 0 spiro atoms. The van der Waals surface area contributed by atoms with Crippen LogP contribution in [0.2, 0.25) is 0 Å². The number of ether oxygens (including phenoxy) is 1. The fraction of sp³-hybridized carbons (Fsp3) is 0.250. The number of rotatable bonds is 0. The van der Waals surface area contributed by atoms with Gasteiger partial charge in [0.1, 0.15) is 11.5 Å². The van der Waals surface area contributed by atoms with E-state index in [2.05, 4.69) is 50.3 Å². The Morgan fingerprint density at radius 2 is 1.82 bits per heavy atom. The first-order valence-electron chi connectivity index (χ1n) is 6.05. The lowest BCUT2D eigenvalue weighted by Crippen LogP contribution is -2.26. The third kappa shape index (κ3) is 1.54. The van der Waals surface area contributed by atoms with Gasteiger partial charge in [-0.1, -0.05) is 50.3 Å². The second-order valence-corrected chi connectivity index (χ2v) is 5.04. The van der Waals surface area contributed by atoms with Gasteiger partial charge in [-0.05, 0) is 18.6 Å². The Labute approximate surface area is 102 Å².